The first kappa shape index (κ1) is 18.2. The average molecular weight is 358 g/mol. The Morgan fingerprint density at radius 1 is 1.31 bits per heavy atom. The molecule has 0 radical (unpaired) electrons. The van der Waals surface area contributed by atoms with Crippen LogP contribution in [-0.2, 0) is 9.59 Å². The molecule has 2 N–H and O–H groups in total. The van der Waals surface area contributed by atoms with Crippen LogP contribution in [0.4, 0.5) is 6.01 Å². The van der Waals surface area contributed by atoms with Crippen LogP contribution in [-0.4, -0.2) is 42.5 Å². The van der Waals surface area contributed by atoms with Crippen molar-refractivity contribution in [3.8, 4) is 0 Å². The van der Waals surface area contributed by atoms with Gasteiger partial charge < -0.3 is 20.0 Å². The van der Waals surface area contributed by atoms with Crippen LogP contribution in [0.3, 0.4) is 0 Å². The van der Waals surface area contributed by atoms with Crippen LogP contribution in [0.5, 0.6) is 0 Å². The summed E-state index contributed by atoms with van der Waals surface area (Å²) in [6.45, 7) is 5.76. The van der Waals surface area contributed by atoms with Gasteiger partial charge in [-0.3, -0.25) is 9.59 Å². The molecule has 0 unspecified atom stereocenters. The summed E-state index contributed by atoms with van der Waals surface area (Å²) >= 11 is 0. The highest BCUT2D eigenvalue weighted by Crippen LogP contribution is 2.26. The van der Waals surface area contributed by atoms with Crippen molar-refractivity contribution in [1.29, 1.82) is 0 Å². The molecular weight excluding hydrogens is 332 g/mol. The number of oxazole rings is 1. The topological polar surface area (TPSA) is 87.5 Å². The maximum Gasteiger partial charge on any atom is 0.298 e. The van der Waals surface area contributed by atoms with Crippen LogP contribution in [0.1, 0.15) is 33.1 Å². The second-order valence-electron chi connectivity index (χ2n) is 6.75. The van der Waals surface area contributed by atoms with Crippen molar-refractivity contribution in [3.05, 3.63) is 24.3 Å². The smallest absolute Gasteiger partial charge is 0.298 e. The minimum absolute atomic E-state index is 0.0543. The van der Waals surface area contributed by atoms with Gasteiger partial charge in [-0.15, -0.1) is 0 Å². The van der Waals surface area contributed by atoms with E-state index in [9.17, 15) is 9.59 Å². The summed E-state index contributed by atoms with van der Waals surface area (Å²) in [6, 6.07) is 7.78. The minimum Gasteiger partial charge on any atom is -0.423 e. The normalized spacial score (nSPS) is 16.5. The number of fused-ring (bicyclic) bond motifs is 1. The molecule has 1 aromatic carbocycles. The Morgan fingerprint density at radius 3 is 2.73 bits per heavy atom. The Labute approximate surface area is 153 Å². The monoisotopic (exact) mass is 358 g/mol. The highest BCUT2D eigenvalue weighted by Gasteiger charge is 2.28. The number of hydrogen-bond acceptors (Lipinski definition) is 5. The summed E-state index contributed by atoms with van der Waals surface area (Å²) < 4.78 is 5.80. The van der Waals surface area contributed by atoms with Crippen molar-refractivity contribution in [1.82, 2.24) is 15.6 Å². The van der Waals surface area contributed by atoms with Gasteiger partial charge in [0.1, 0.15) is 11.6 Å². The van der Waals surface area contributed by atoms with Gasteiger partial charge in [0.05, 0.1) is 0 Å². The Bertz CT molecular complexity index is 732. The molecule has 2 heterocycles. The summed E-state index contributed by atoms with van der Waals surface area (Å²) in [7, 11) is 0. The predicted molar refractivity (Wildman–Crippen MR) is 99.9 cm³/mol. The highest BCUT2D eigenvalue weighted by molar-refractivity contribution is 5.88. The zero-order valence-electron chi connectivity index (χ0n) is 15.3. The summed E-state index contributed by atoms with van der Waals surface area (Å²) in [5.41, 5.74) is 1.61. The fourth-order valence-corrected chi connectivity index (χ4v) is 3.13. The number of aromatic nitrogens is 1. The zero-order valence-corrected chi connectivity index (χ0v) is 15.3. The molecule has 1 atom stereocenters. The van der Waals surface area contributed by atoms with Crippen molar-refractivity contribution in [3.63, 3.8) is 0 Å². The van der Waals surface area contributed by atoms with Gasteiger partial charge >= 0.3 is 0 Å². The van der Waals surface area contributed by atoms with E-state index >= 15 is 0 Å². The van der Waals surface area contributed by atoms with Gasteiger partial charge in [0.2, 0.25) is 11.8 Å². The first-order valence-corrected chi connectivity index (χ1v) is 9.27. The van der Waals surface area contributed by atoms with Crippen LogP contribution in [0.25, 0.3) is 11.1 Å². The lowest BCUT2D eigenvalue weighted by Gasteiger charge is -2.30. The second kappa shape index (κ2) is 8.21. The van der Waals surface area contributed by atoms with E-state index in [2.05, 4.69) is 20.5 Å². The van der Waals surface area contributed by atoms with Gasteiger partial charge in [-0.25, -0.2) is 0 Å². The standard InChI is InChI=1S/C19H26N4O3/c1-3-10-20-17(24)13(2)21-18(25)14-8-11-23(12-9-14)19-22-15-6-4-5-7-16(15)26-19/h4-7,13-14H,3,8-12H2,1-2H3,(H,20,24)(H,21,25)/t13-/m1/s1. The molecule has 1 aliphatic heterocycles. The van der Waals surface area contributed by atoms with Crippen molar-refractivity contribution in [2.75, 3.05) is 24.5 Å². The number of piperidine rings is 1. The third kappa shape index (κ3) is 4.15. The molecule has 1 aliphatic rings. The molecule has 1 fully saturated rings. The Hall–Kier alpha value is -2.57. The number of nitrogens with zero attached hydrogens (tertiary/aromatic N) is 2. The van der Waals surface area contributed by atoms with Crippen LogP contribution in [0.2, 0.25) is 0 Å². The van der Waals surface area contributed by atoms with Gasteiger partial charge in [-0.05, 0) is 38.3 Å². The van der Waals surface area contributed by atoms with Gasteiger partial charge in [0.25, 0.3) is 6.01 Å². The van der Waals surface area contributed by atoms with Gasteiger partial charge in [-0.1, -0.05) is 19.1 Å². The van der Waals surface area contributed by atoms with Crippen LogP contribution in [0, 0.1) is 5.92 Å². The summed E-state index contributed by atoms with van der Waals surface area (Å²) in [6.07, 6.45) is 2.31. The fraction of sp³-hybridized carbons (Fsp3) is 0.526. The van der Waals surface area contributed by atoms with Gasteiger partial charge in [0, 0.05) is 25.6 Å². The molecule has 26 heavy (non-hydrogen) atoms. The molecule has 3 rings (SSSR count). The van der Waals surface area contributed by atoms with Gasteiger partial charge in [-0.2, -0.15) is 4.98 Å². The molecule has 0 saturated carbocycles. The molecule has 7 nitrogen and oxygen atoms in total. The second-order valence-corrected chi connectivity index (χ2v) is 6.75. The lowest BCUT2D eigenvalue weighted by Crippen LogP contribution is -2.48. The van der Waals surface area contributed by atoms with E-state index in [1.54, 1.807) is 6.92 Å². The third-order valence-electron chi connectivity index (χ3n) is 4.72. The minimum atomic E-state index is -0.510. The van der Waals surface area contributed by atoms with Crippen molar-refractivity contribution in [2.45, 2.75) is 39.2 Å². The van der Waals surface area contributed by atoms with E-state index in [-0.39, 0.29) is 17.7 Å². The largest absolute Gasteiger partial charge is 0.423 e. The Balaban J connectivity index is 1.51. The van der Waals surface area contributed by atoms with E-state index in [4.69, 9.17) is 4.42 Å². The van der Waals surface area contributed by atoms with Crippen LogP contribution in [0.15, 0.2) is 28.7 Å². The lowest BCUT2D eigenvalue weighted by molar-refractivity contribution is -0.131. The fourth-order valence-electron chi connectivity index (χ4n) is 3.13. The van der Waals surface area contributed by atoms with E-state index in [0.29, 0.717) is 38.5 Å². The van der Waals surface area contributed by atoms with E-state index in [1.807, 2.05) is 31.2 Å². The molecule has 0 bridgehead atoms. The number of rotatable bonds is 6. The van der Waals surface area contributed by atoms with Crippen LogP contribution < -0.4 is 15.5 Å². The van der Waals surface area contributed by atoms with Crippen molar-refractivity contribution in [2.24, 2.45) is 5.92 Å². The molecule has 2 aromatic rings. The quantitative estimate of drug-likeness (QED) is 0.825. The molecule has 2 amide bonds. The summed E-state index contributed by atoms with van der Waals surface area (Å²) in [5, 5.41) is 5.62. The first-order valence-electron chi connectivity index (χ1n) is 9.27. The van der Waals surface area contributed by atoms with Crippen molar-refractivity contribution >= 4 is 28.9 Å². The Morgan fingerprint density at radius 2 is 2.04 bits per heavy atom. The van der Waals surface area contributed by atoms with Crippen molar-refractivity contribution < 1.29 is 14.0 Å². The highest BCUT2D eigenvalue weighted by atomic mass is 16.4. The SMILES string of the molecule is CCCNC(=O)[C@@H](C)NC(=O)C1CCN(c2nc3ccccc3o2)CC1. The number of anilines is 1. The van der Waals surface area contributed by atoms with Crippen LogP contribution >= 0.6 is 0 Å². The number of carbonyl (C=O) groups excluding carboxylic acids is 2. The maximum absolute atomic E-state index is 12.4. The average Bonchev–Trinajstić information content (AvgIpc) is 3.10. The maximum atomic E-state index is 12.4. The van der Waals surface area contributed by atoms with E-state index < -0.39 is 6.04 Å². The van der Waals surface area contributed by atoms with Gasteiger partial charge in [0.15, 0.2) is 5.58 Å². The number of benzene rings is 1. The molecule has 0 spiro atoms. The zero-order chi connectivity index (χ0) is 18.5. The number of para-hydroxylation sites is 2. The summed E-state index contributed by atoms with van der Waals surface area (Å²) in [5.74, 6) is -0.275. The molecule has 0 aliphatic carbocycles. The molecule has 1 saturated heterocycles. The first-order chi connectivity index (χ1) is 12.6. The Kier molecular flexibility index (Phi) is 5.75. The molecular formula is C19H26N4O3. The summed E-state index contributed by atoms with van der Waals surface area (Å²) in [4.78, 5) is 30.9. The predicted octanol–water partition coefficient (Wildman–Crippen LogP) is 2.08. The molecule has 1 aromatic heterocycles. The number of nitrogens with one attached hydrogen (secondary N) is 2. The number of amides is 2. The van der Waals surface area contributed by atoms with E-state index in [1.165, 1.54) is 0 Å². The lowest BCUT2D eigenvalue weighted by atomic mass is 9.96. The van der Waals surface area contributed by atoms with E-state index in [0.717, 1.165) is 17.5 Å². The molecule has 7 heteroatoms. The number of carbonyl (C=O) groups is 2. The third-order valence-corrected chi connectivity index (χ3v) is 4.72. The molecule has 140 valence electrons. The number of hydrogen-bond donors (Lipinski definition) is 2.